The monoisotopic (exact) mass is 191 g/mol. The van der Waals surface area contributed by atoms with Crippen LogP contribution in [0.1, 0.15) is 5.69 Å². The maximum absolute atomic E-state index is 11.5. The van der Waals surface area contributed by atoms with Crippen LogP contribution in [0, 0.1) is 6.92 Å². The zero-order valence-electron chi connectivity index (χ0n) is 7.87. The van der Waals surface area contributed by atoms with Crippen LogP contribution in [0.15, 0.2) is 21.7 Å². The summed E-state index contributed by atoms with van der Waals surface area (Å²) >= 11 is 0. The van der Waals surface area contributed by atoms with Crippen molar-refractivity contribution in [3.8, 4) is 0 Å². The molecule has 0 fully saturated rings. The van der Waals surface area contributed by atoms with Crippen molar-refractivity contribution in [2.45, 2.75) is 6.92 Å². The molecule has 0 amide bonds. The molecule has 0 aliphatic heterocycles. The first-order chi connectivity index (χ1) is 6.59. The van der Waals surface area contributed by atoms with E-state index in [1.165, 1.54) is 10.6 Å². The number of aryl methyl sites for hydroxylation is 2. The van der Waals surface area contributed by atoms with E-state index in [-0.39, 0.29) is 11.1 Å². The Morgan fingerprint density at radius 2 is 2.07 bits per heavy atom. The molecule has 0 unspecified atom stereocenters. The molecule has 1 N–H and O–H groups in total. The molecule has 0 aromatic carbocycles. The van der Waals surface area contributed by atoms with E-state index in [0.29, 0.717) is 16.9 Å². The first-order valence-corrected chi connectivity index (χ1v) is 4.16. The third-order valence-electron chi connectivity index (χ3n) is 2.11. The SMILES string of the molecule is Cc1nc2ccc(=O)[nH]c2n(C)c1=O. The van der Waals surface area contributed by atoms with E-state index in [2.05, 4.69) is 9.97 Å². The number of nitrogens with zero attached hydrogens (tertiary/aromatic N) is 2. The normalized spacial score (nSPS) is 10.7. The fourth-order valence-electron chi connectivity index (χ4n) is 1.37. The molecule has 72 valence electrons. The Morgan fingerprint density at radius 1 is 1.36 bits per heavy atom. The zero-order valence-corrected chi connectivity index (χ0v) is 7.87. The van der Waals surface area contributed by atoms with Gasteiger partial charge in [-0.3, -0.25) is 14.2 Å². The fourth-order valence-corrected chi connectivity index (χ4v) is 1.37. The Morgan fingerprint density at radius 3 is 2.79 bits per heavy atom. The first kappa shape index (κ1) is 8.68. The molecule has 0 saturated carbocycles. The van der Waals surface area contributed by atoms with Crippen LogP contribution in [-0.4, -0.2) is 14.5 Å². The third kappa shape index (κ3) is 1.14. The average Bonchev–Trinajstić information content (AvgIpc) is 2.16. The van der Waals surface area contributed by atoms with Crippen molar-refractivity contribution in [3.63, 3.8) is 0 Å². The molecule has 0 spiro atoms. The van der Waals surface area contributed by atoms with Gasteiger partial charge in [-0.15, -0.1) is 0 Å². The summed E-state index contributed by atoms with van der Waals surface area (Å²) in [5.41, 5.74) is 1.06. The zero-order chi connectivity index (χ0) is 10.3. The number of aromatic amines is 1. The van der Waals surface area contributed by atoms with Gasteiger partial charge in [-0.05, 0) is 13.0 Å². The van der Waals surface area contributed by atoms with Crippen LogP contribution in [0.2, 0.25) is 0 Å². The summed E-state index contributed by atoms with van der Waals surface area (Å²) in [6, 6.07) is 2.99. The second-order valence-electron chi connectivity index (χ2n) is 3.12. The van der Waals surface area contributed by atoms with Crippen LogP contribution in [-0.2, 0) is 7.05 Å². The molecule has 0 atom stereocenters. The van der Waals surface area contributed by atoms with Crippen LogP contribution >= 0.6 is 0 Å². The van der Waals surface area contributed by atoms with E-state index >= 15 is 0 Å². The lowest BCUT2D eigenvalue weighted by Gasteiger charge is -2.03. The highest BCUT2D eigenvalue weighted by molar-refractivity contribution is 5.69. The summed E-state index contributed by atoms with van der Waals surface area (Å²) in [5.74, 6) is 0. The quantitative estimate of drug-likeness (QED) is 0.633. The standard InChI is InChI=1S/C9H9N3O2/c1-5-9(14)12(2)8-6(10-5)3-4-7(13)11-8/h3-4H,1-2H3,(H,11,13). The molecule has 0 saturated heterocycles. The van der Waals surface area contributed by atoms with Crippen LogP contribution in [0.25, 0.3) is 11.2 Å². The Bertz CT molecular complexity index is 609. The lowest BCUT2D eigenvalue weighted by atomic mass is 10.4. The molecule has 0 radical (unpaired) electrons. The predicted octanol–water partition coefficient (Wildman–Crippen LogP) is -0.0698. The highest BCUT2D eigenvalue weighted by Crippen LogP contribution is 2.02. The number of fused-ring (bicyclic) bond motifs is 1. The van der Waals surface area contributed by atoms with Gasteiger partial charge < -0.3 is 4.98 Å². The van der Waals surface area contributed by atoms with Gasteiger partial charge in [0, 0.05) is 13.1 Å². The Labute approximate surface area is 79.0 Å². The van der Waals surface area contributed by atoms with E-state index in [9.17, 15) is 9.59 Å². The molecule has 2 rings (SSSR count). The first-order valence-electron chi connectivity index (χ1n) is 4.16. The minimum atomic E-state index is -0.238. The van der Waals surface area contributed by atoms with Gasteiger partial charge in [0.2, 0.25) is 5.56 Å². The summed E-state index contributed by atoms with van der Waals surface area (Å²) in [6.45, 7) is 1.65. The molecule has 2 heterocycles. The van der Waals surface area contributed by atoms with Gasteiger partial charge in [0.25, 0.3) is 5.56 Å². The highest BCUT2D eigenvalue weighted by atomic mass is 16.1. The van der Waals surface area contributed by atoms with Gasteiger partial charge >= 0.3 is 0 Å². The van der Waals surface area contributed by atoms with Gasteiger partial charge in [-0.1, -0.05) is 0 Å². The van der Waals surface area contributed by atoms with Crippen molar-refractivity contribution in [1.29, 1.82) is 0 Å². The summed E-state index contributed by atoms with van der Waals surface area (Å²) in [6.07, 6.45) is 0. The van der Waals surface area contributed by atoms with Gasteiger partial charge in [-0.2, -0.15) is 0 Å². The minimum absolute atomic E-state index is 0.195. The number of nitrogens with one attached hydrogen (secondary N) is 1. The molecule has 0 bridgehead atoms. The number of aromatic nitrogens is 3. The van der Waals surface area contributed by atoms with E-state index in [4.69, 9.17) is 0 Å². The second-order valence-corrected chi connectivity index (χ2v) is 3.12. The van der Waals surface area contributed by atoms with Crippen molar-refractivity contribution in [2.75, 3.05) is 0 Å². The Hall–Kier alpha value is -1.91. The average molecular weight is 191 g/mol. The summed E-state index contributed by atoms with van der Waals surface area (Å²) in [5, 5.41) is 0. The number of hydrogen-bond donors (Lipinski definition) is 1. The molecule has 5 heteroatoms. The van der Waals surface area contributed by atoms with Crippen LogP contribution < -0.4 is 11.1 Å². The maximum atomic E-state index is 11.5. The van der Waals surface area contributed by atoms with E-state index in [1.54, 1.807) is 20.0 Å². The predicted molar refractivity (Wildman–Crippen MR) is 52.3 cm³/mol. The molecule has 2 aromatic rings. The molecular weight excluding hydrogens is 182 g/mol. The molecule has 2 aromatic heterocycles. The lowest BCUT2D eigenvalue weighted by molar-refractivity contribution is 0.852. The summed E-state index contributed by atoms with van der Waals surface area (Å²) in [4.78, 5) is 29.1. The number of hydrogen-bond acceptors (Lipinski definition) is 3. The van der Waals surface area contributed by atoms with Crippen molar-refractivity contribution < 1.29 is 0 Å². The highest BCUT2D eigenvalue weighted by Gasteiger charge is 2.04. The van der Waals surface area contributed by atoms with Crippen LogP contribution in [0.3, 0.4) is 0 Å². The molecular formula is C9H9N3O2. The Balaban J connectivity index is 3.07. The van der Waals surface area contributed by atoms with Crippen LogP contribution in [0.5, 0.6) is 0 Å². The van der Waals surface area contributed by atoms with E-state index in [1.807, 2.05) is 0 Å². The maximum Gasteiger partial charge on any atom is 0.273 e. The van der Waals surface area contributed by atoms with Gasteiger partial charge in [0.15, 0.2) is 0 Å². The van der Waals surface area contributed by atoms with Gasteiger partial charge in [0.05, 0.1) is 0 Å². The van der Waals surface area contributed by atoms with Crippen LogP contribution in [0.4, 0.5) is 0 Å². The number of rotatable bonds is 0. The Kier molecular flexibility index (Phi) is 1.73. The van der Waals surface area contributed by atoms with Gasteiger partial charge in [0.1, 0.15) is 16.9 Å². The largest absolute Gasteiger partial charge is 0.307 e. The smallest absolute Gasteiger partial charge is 0.273 e. The lowest BCUT2D eigenvalue weighted by Crippen LogP contribution is -2.23. The van der Waals surface area contributed by atoms with E-state index in [0.717, 1.165) is 0 Å². The summed E-state index contributed by atoms with van der Waals surface area (Å²) < 4.78 is 1.39. The molecule has 0 aliphatic carbocycles. The second kappa shape index (κ2) is 2.80. The molecule has 5 nitrogen and oxygen atoms in total. The molecule has 14 heavy (non-hydrogen) atoms. The number of H-pyrrole nitrogens is 1. The van der Waals surface area contributed by atoms with E-state index < -0.39 is 0 Å². The number of pyridine rings is 1. The molecule has 0 aliphatic rings. The van der Waals surface area contributed by atoms with Crippen molar-refractivity contribution in [1.82, 2.24) is 14.5 Å². The minimum Gasteiger partial charge on any atom is -0.307 e. The third-order valence-corrected chi connectivity index (χ3v) is 2.11. The van der Waals surface area contributed by atoms with Crippen molar-refractivity contribution >= 4 is 11.2 Å². The van der Waals surface area contributed by atoms with Crippen molar-refractivity contribution in [2.24, 2.45) is 7.05 Å². The fraction of sp³-hybridized carbons (Fsp3) is 0.222. The topological polar surface area (TPSA) is 67.8 Å². The van der Waals surface area contributed by atoms with Crippen molar-refractivity contribution in [3.05, 3.63) is 38.5 Å². The van der Waals surface area contributed by atoms with Gasteiger partial charge in [-0.25, -0.2) is 4.98 Å². The summed E-state index contributed by atoms with van der Waals surface area (Å²) in [7, 11) is 1.61.